The summed E-state index contributed by atoms with van der Waals surface area (Å²) >= 11 is 0. The Kier molecular flexibility index (Phi) is 6.92. The van der Waals surface area contributed by atoms with Gasteiger partial charge >= 0.3 is 6.09 Å². The van der Waals surface area contributed by atoms with Crippen LogP contribution in [0.25, 0.3) is 0 Å². The Morgan fingerprint density at radius 2 is 1.93 bits per heavy atom. The predicted octanol–water partition coefficient (Wildman–Crippen LogP) is 3.91. The third-order valence-corrected chi connectivity index (χ3v) is 5.58. The molecule has 152 valence electrons. The second-order valence-corrected chi connectivity index (χ2v) is 9.66. The van der Waals surface area contributed by atoms with Crippen LogP contribution >= 0.6 is 0 Å². The van der Waals surface area contributed by atoms with Crippen molar-refractivity contribution in [3.63, 3.8) is 0 Å². The number of hydrogen-bond acceptors (Lipinski definition) is 3. The fraction of sp³-hybridized carbons (Fsp3) is 0.682. The van der Waals surface area contributed by atoms with Crippen molar-refractivity contribution in [2.24, 2.45) is 5.41 Å². The van der Waals surface area contributed by atoms with Gasteiger partial charge in [0.15, 0.2) is 0 Å². The van der Waals surface area contributed by atoms with E-state index < -0.39 is 23.8 Å². The highest BCUT2D eigenvalue weighted by Crippen LogP contribution is 2.37. The van der Waals surface area contributed by atoms with E-state index in [0.29, 0.717) is 24.4 Å². The van der Waals surface area contributed by atoms with Crippen molar-refractivity contribution in [3.8, 4) is 0 Å². The normalized spacial score (nSPS) is 21.6. The molecular weight excluding hydrogens is 340 g/mol. The number of nitrogens with zero attached hydrogens (tertiary/aromatic N) is 1. The highest BCUT2D eigenvalue weighted by atomic mass is 16.4. The van der Waals surface area contributed by atoms with E-state index in [1.54, 1.807) is 0 Å². The average Bonchev–Trinajstić information content (AvgIpc) is 2.90. The minimum absolute atomic E-state index is 0.338. The number of amides is 1. The zero-order valence-electron chi connectivity index (χ0n) is 17.4. The molecule has 0 saturated heterocycles. The summed E-state index contributed by atoms with van der Waals surface area (Å²) < 4.78 is 0. The van der Waals surface area contributed by atoms with Crippen molar-refractivity contribution >= 4 is 6.09 Å². The van der Waals surface area contributed by atoms with Crippen LogP contribution in [0.1, 0.15) is 59.4 Å². The lowest BCUT2D eigenvalue weighted by Gasteiger charge is -2.42. The number of benzene rings is 1. The van der Waals surface area contributed by atoms with Gasteiger partial charge in [-0.25, -0.2) is 4.79 Å². The van der Waals surface area contributed by atoms with Crippen LogP contribution in [0.4, 0.5) is 4.79 Å². The van der Waals surface area contributed by atoms with E-state index in [4.69, 9.17) is 0 Å². The van der Waals surface area contributed by atoms with Crippen LogP contribution in [0, 0.1) is 5.41 Å². The van der Waals surface area contributed by atoms with Crippen molar-refractivity contribution in [1.29, 1.82) is 0 Å². The molecule has 1 fully saturated rings. The maximum absolute atomic E-state index is 12.0. The van der Waals surface area contributed by atoms with Gasteiger partial charge in [-0.1, -0.05) is 44.2 Å². The summed E-state index contributed by atoms with van der Waals surface area (Å²) in [6.07, 6.45) is 2.09. The molecule has 5 heteroatoms. The Bertz CT molecular complexity index is 610. The number of carboxylic acid groups (broad SMARTS) is 1. The van der Waals surface area contributed by atoms with E-state index in [9.17, 15) is 15.0 Å². The van der Waals surface area contributed by atoms with Gasteiger partial charge in [-0.15, -0.1) is 0 Å². The molecule has 1 aromatic rings. The highest BCUT2D eigenvalue weighted by molar-refractivity contribution is 5.66. The van der Waals surface area contributed by atoms with Gasteiger partial charge in [-0.2, -0.15) is 0 Å². The van der Waals surface area contributed by atoms with Crippen LogP contribution in [-0.4, -0.2) is 51.5 Å². The van der Waals surface area contributed by atoms with E-state index in [-0.39, 0.29) is 0 Å². The first-order chi connectivity index (χ1) is 12.5. The maximum atomic E-state index is 12.0. The first-order valence-corrected chi connectivity index (χ1v) is 9.97. The zero-order valence-corrected chi connectivity index (χ0v) is 17.4. The number of nitrogens with one attached hydrogen (secondary N) is 1. The SMILES string of the molecule is CC1(C)CCC(NC[C@H](O)[C@H](Cc2ccccc2)N(C(=O)O)C(C)(C)C)C1. The van der Waals surface area contributed by atoms with E-state index in [2.05, 4.69) is 19.2 Å². The summed E-state index contributed by atoms with van der Waals surface area (Å²) in [7, 11) is 0. The average molecular weight is 377 g/mol. The summed E-state index contributed by atoms with van der Waals surface area (Å²) in [6, 6.07) is 9.67. The van der Waals surface area contributed by atoms with Crippen molar-refractivity contribution in [1.82, 2.24) is 10.2 Å². The summed E-state index contributed by atoms with van der Waals surface area (Å²) in [5.74, 6) is 0. The lowest BCUT2D eigenvalue weighted by molar-refractivity contribution is 0.00687. The maximum Gasteiger partial charge on any atom is 0.408 e. The third kappa shape index (κ3) is 6.22. The van der Waals surface area contributed by atoms with Gasteiger partial charge in [0.1, 0.15) is 0 Å². The molecule has 1 aromatic carbocycles. The molecule has 3 N–H and O–H groups in total. The molecule has 2 rings (SSSR count). The smallest absolute Gasteiger partial charge is 0.408 e. The van der Waals surface area contributed by atoms with Gasteiger partial charge in [0.05, 0.1) is 12.1 Å². The largest absolute Gasteiger partial charge is 0.465 e. The van der Waals surface area contributed by atoms with Crippen molar-refractivity contribution in [2.75, 3.05) is 6.54 Å². The van der Waals surface area contributed by atoms with E-state index in [0.717, 1.165) is 18.4 Å². The molecule has 0 spiro atoms. The second kappa shape index (κ2) is 8.61. The van der Waals surface area contributed by atoms with Crippen LogP contribution < -0.4 is 5.32 Å². The molecule has 27 heavy (non-hydrogen) atoms. The fourth-order valence-electron chi connectivity index (χ4n) is 4.22. The monoisotopic (exact) mass is 376 g/mol. The first kappa shape index (κ1) is 21.7. The second-order valence-electron chi connectivity index (χ2n) is 9.66. The minimum Gasteiger partial charge on any atom is -0.465 e. The molecule has 0 bridgehead atoms. The van der Waals surface area contributed by atoms with Gasteiger partial charge in [0.2, 0.25) is 0 Å². The van der Waals surface area contributed by atoms with E-state index in [1.807, 2.05) is 51.1 Å². The van der Waals surface area contributed by atoms with E-state index in [1.165, 1.54) is 11.3 Å². The quantitative estimate of drug-likeness (QED) is 0.675. The standard InChI is InChI=1S/C22H36N2O3/c1-21(2,3)24(20(26)27)18(13-16-9-7-6-8-10-16)19(25)15-23-17-11-12-22(4,5)14-17/h6-10,17-19,23,25H,11-15H2,1-5H3,(H,26,27)/t17?,18-,19-/m0/s1. The number of aliphatic hydroxyl groups excluding tert-OH is 1. The fourth-order valence-corrected chi connectivity index (χ4v) is 4.22. The van der Waals surface area contributed by atoms with Gasteiger partial charge in [0, 0.05) is 18.1 Å². The van der Waals surface area contributed by atoms with Crippen LogP contribution in [-0.2, 0) is 6.42 Å². The molecule has 1 unspecified atom stereocenters. The molecule has 3 atom stereocenters. The van der Waals surface area contributed by atoms with Gasteiger partial charge in [-0.05, 0) is 57.4 Å². The molecule has 1 saturated carbocycles. The van der Waals surface area contributed by atoms with Crippen molar-refractivity contribution < 1.29 is 15.0 Å². The lowest BCUT2D eigenvalue weighted by Crippen LogP contribution is -2.58. The predicted molar refractivity (Wildman–Crippen MR) is 109 cm³/mol. The summed E-state index contributed by atoms with van der Waals surface area (Å²) in [5, 5.41) is 24.3. The number of hydrogen-bond donors (Lipinski definition) is 3. The summed E-state index contributed by atoms with van der Waals surface area (Å²) in [5.41, 5.74) is 0.769. The number of carbonyl (C=O) groups is 1. The van der Waals surface area contributed by atoms with Crippen LogP contribution in [0.15, 0.2) is 30.3 Å². The molecular formula is C22H36N2O3. The molecule has 1 aliphatic carbocycles. The van der Waals surface area contributed by atoms with Crippen LogP contribution in [0.5, 0.6) is 0 Å². The molecule has 1 aliphatic rings. The molecule has 5 nitrogen and oxygen atoms in total. The van der Waals surface area contributed by atoms with Crippen LogP contribution in [0.2, 0.25) is 0 Å². The van der Waals surface area contributed by atoms with Crippen molar-refractivity contribution in [3.05, 3.63) is 35.9 Å². The highest BCUT2D eigenvalue weighted by Gasteiger charge is 2.38. The Balaban J connectivity index is 2.13. The Hall–Kier alpha value is -1.59. The lowest BCUT2D eigenvalue weighted by atomic mass is 9.91. The molecule has 0 aliphatic heterocycles. The molecule has 0 aromatic heterocycles. The number of aliphatic hydroxyl groups is 1. The van der Waals surface area contributed by atoms with Gasteiger partial charge in [0.25, 0.3) is 0 Å². The summed E-state index contributed by atoms with van der Waals surface area (Å²) in [6.45, 7) is 10.6. The first-order valence-electron chi connectivity index (χ1n) is 9.97. The van der Waals surface area contributed by atoms with Crippen LogP contribution in [0.3, 0.4) is 0 Å². The third-order valence-electron chi connectivity index (χ3n) is 5.58. The Morgan fingerprint density at radius 1 is 1.30 bits per heavy atom. The van der Waals surface area contributed by atoms with Gasteiger partial charge < -0.3 is 15.5 Å². The Morgan fingerprint density at radius 3 is 2.41 bits per heavy atom. The van der Waals surface area contributed by atoms with Crippen molar-refractivity contribution in [2.45, 2.75) is 84.0 Å². The summed E-state index contributed by atoms with van der Waals surface area (Å²) in [4.78, 5) is 13.4. The Labute approximate surface area is 163 Å². The minimum atomic E-state index is -0.996. The molecule has 0 heterocycles. The molecule has 1 amide bonds. The van der Waals surface area contributed by atoms with Gasteiger partial charge in [-0.3, -0.25) is 4.90 Å². The topological polar surface area (TPSA) is 72.8 Å². The number of rotatable bonds is 7. The molecule has 0 radical (unpaired) electrons. The van der Waals surface area contributed by atoms with E-state index >= 15 is 0 Å². The zero-order chi connectivity index (χ0) is 20.2.